The van der Waals surface area contributed by atoms with Crippen LogP contribution in [0.5, 0.6) is 11.5 Å². The van der Waals surface area contributed by atoms with Crippen LogP contribution in [0.15, 0.2) is 30.6 Å². The number of fused-ring (bicyclic) bond motifs is 1. The molecule has 7 heteroatoms. The molecule has 2 aliphatic heterocycles. The monoisotopic (exact) mass is 326 g/mol. The molecule has 0 aliphatic carbocycles. The first kappa shape index (κ1) is 14.7. The molecular formula is C17H18N4O3. The Morgan fingerprint density at radius 1 is 1.12 bits per heavy atom. The number of hydrogen-bond donors (Lipinski definition) is 1. The van der Waals surface area contributed by atoms with E-state index in [0.29, 0.717) is 23.8 Å². The number of ether oxygens (including phenoxy) is 2. The van der Waals surface area contributed by atoms with Gasteiger partial charge in [-0.2, -0.15) is 0 Å². The van der Waals surface area contributed by atoms with Gasteiger partial charge in [-0.25, -0.2) is 9.97 Å². The van der Waals surface area contributed by atoms with Crippen LogP contribution in [-0.2, 0) is 6.54 Å². The van der Waals surface area contributed by atoms with Crippen molar-refractivity contribution in [3.8, 4) is 11.5 Å². The molecule has 0 bridgehead atoms. The Morgan fingerprint density at radius 2 is 1.88 bits per heavy atom. The second-order valence-corrected chi connectivity index (χ2v) is 5.84. The Morgan fingerprint density at radius 3 is 2.67 bits per heavy atom. The van der Waals surface area contributed by atoms with E-state index in [9.17, 15) is 4.79 Å². The molecule has 3 heterocycles. The zero-order valence-corrected chi connectivity index (χ0v) is 13.2. The van der Waals surface area contributed by atoms with E-state index < -0.39 is 0 Å². The van der Waals surface area contributed by atoms with Crippen LogP contribution < -0.4 is 19.7 Å². The number of anilines is 1. The lowest BCUT2D eigenvalue weighted by atomic mass is 10.2. The highest BCUT2D eigenvalue weighted by Crippen LogP contribution is 2.32. The number of nitrogens with one attached hydrogen (secondary N) is 1. The van der Waals surface area contributed by atoms with E-state index in [1.165, 1.54) is 12.8 Å². The van der Waals surface area contributed by atoms with Gasteiger partial charge in [0, 0.05) is 32.0 Å². The van der Waals surface area contributed by atoms with Crippen molar-refractivity contribution < 1.29 is 14.3 Å². The molecule has 124 valence electrons. The Balaban J connectivity index is 1.37. The van der Waals surface area contributed by atoms with Gasteiger partial charge in [0.25, 0.3) is 5.91 Å². The molecule has 0 atom stereocenters. The van der Waals surface area contributed by atoms with Crippen molar-refractivity contribution in [3.05, 3.63) is 41.7 Å². The van der Waals surface area contributed by atoms with E-state index >= 15 is 0 Å². The minimum atomic E-state index is -0.194. The van der Waals surface area contributed by atoms with Gasteiger partial charge in [-0.3, -0.25) is 4.79 Å². The van der Waals surface area contributed by atoms with Crippen LogP contribution in [-0.4, -0.2) is 35.8 Å². The SMILES string of the molecule is O=C(NCc1ccc2c(c1)OCO2)c1cnc(N2CCCC2)nc1. The van der Waals surface area contributed by atoms with Gasteiger partial charge in [0.05, 0.1) is 5.56 Å². The summed E-state index contributed by atoms with van der Waals surface area (Å²) in [6, 6.07) is 5.62. The van der Waals surface area contributed by atoms with Crippen LogP contribution in [0.25, 0.3) is 0 Å². The smallest absolute Gasteiger partial charge is 0.254 e. The molecule has 7 nitrogen and oxygen atoms in total. The predicted molar refractivity (Wildman–Crippen MR) is 87.2 cm³/mol. The average molecular weight is 326 g/mol. The summed E-state index contributed by atoms with van der Waals surface area (Å²) < 4.78 is 10.6. The van der Waals surface area contributed by atoms with E-state index in [4.69, 9.17) is 9.47 Å². The molecule has 1 N–H and O–H groups in total. The number of hydrogen-bond acceptors (Lipinski definition) is 6. The fourth-order valence-electron chi connectivity index (χ4n) is 2.85. The van der Waals surface area contributed by atoms with Crippen molar-refractivity contribution in [1.29, 1.82) is 0 Å². The Kier molecular flexibility index (Phi) is 3.90. The second-order valence-electron chi connectivity index (χ2n) is 5.84. The number of nitrogens with zero attached hydrogens (tertiary/aromatic N) is 3. The molecule has 2 aromatic rings. The normalized spacial score (nSPS) is 15.6. The quantitative estimate of drug-likeness (QED) is 0.922. The van der Waals surface area contributed by atoms with Crippen molar-refractivity contribution in [2.45, 2.75) is 19.4 Å². The highest BCUT2D eigenvalue weighted by atomic mass is 16.7. The minimum Gasteiger partial charge on any atom is -0.454 e. The molecule has 1 aromatic heterocycles. The van der Waals surface area contributed by atoms with Gasteiger partial charge in [-0.05, 0) is 30.5 Å². The van der Waals surface area contributed by atoms with Crippen molar-refractivity contribution in [2.75, 3.05) is 24.8 Å². The number of carbonyl (C=O) groups is 1. The Labute approximate surface area is 139 Å². The summed E-state index contributed by atoms with van der Waals surface area (Å²) >= 11 is 0. The molecule has 0 unspecified atom stereocenters. The van der Waals surface area contributed by atoms with Gasteiger partial charge in [-0.1, -0.05) is 6.07 Å². The molecule has 0 saturated carbocycles. The van der Waals surface area contributed by atoms with Crippen LogP contribution in [0.4, 0.5) is 5.95 Å². The minimum absolute atomic E-state index is 0.194. The molecule has 0 radical (unpaired) electrons. The Hall–Kier alpha value is -2.83. The van der Waals surface area contributed by atoms with Gasteiger partial charge in [0.2, 0.25) is 12.7 Å². The summed E-state index contributed by atoms with van der Waals surface area (Å²) in [5.74, 6) is 1.94. The van der Waals surface area contributed by atoms with Gasteiger partial charge in [0.1, 0.15) is 0 Å². The Bertz CT molecular complexity index is 742. The van der Waals surface area contributed by atoms with E-state index in [1.807, 2.05) is 18.2 Å². The number of carbonyl (C=O) groups excluding carboxylic acids is 1. The zero-order valence-electron chi connectivity index (χ0n) is 13.2. The fourth-order valence-corrected chi connectivity index (χ4v) is 2.85. The number of amides is 1. The zero-order chi connectivity index (χ0) is 16.4. The van der Waals surface area contributed by atoms with Gasteiger partial charge < -0.3 is 19.7 Å². The van der Waals surface area contributed by atoms with Crippen LogP contribution in [0.1, 0.15) is 28.8 Å². The van der Waals surface area contributed by atoms with Crippen LogP contribution in [0.2, 0.25) is 0 Å². The third-order valence-corrected chi connectivity index (χ3v) is 4.18. The molecule has 1 aromatic carbocycles. The maximum atomic E-state index is 12.2. The van der Waals surface area contributed by atoms with E-state index in [-0.39, 0.29) is 12.7 Å². The first-order valence-electron chi connectivity index (χ1n) is 8.03. The highest BCUT2D eigenvalue weighted by Gasteiger charge is 2.16. The maximum absolute atomic E-state index is 12.2. The maximum Gasteiger partial charge on any atom is 0.254 e. The predicted octanol–water partition coefficient (Wildman–Crippen LogP) is 1.74. The van der Waals surface area contributed by atoms with Gasteiger partial charge in [0.15, 0.2) is 11.5 Å². The van der Waals surface area contributed by atoms with Crippen LogP contribution in [0, 0.1) is 0 Å². The third kappa shape index (κ3) is 2.97. The summed E-state index contributed by atoms with van der Waals surface area (Å²) in [5, 5.41) is 2.87. The summed E-state index contributed by atoms with van der Waals surface area (Å²) in [7, 11) is 0. The third-order valence-electron chi connectivity index (χ3n) is 4.18. The lowest BCUT2D eigenvalue weighted by Gasteiger charge is -2.14. The summed E-state index contributed by atoms with van der Waals surface area (Å²) in [6.45, 7) is 2.61. The summed E-state index contributed by atoms with van der Waals surface area (Å²) in [5.41, 5.74) is 1.40. The summed E-state index contributed by atoms with van der Waals surface area (Å²) in [4.78, 5) is 23.0. The number of rotatable bonds is 4. The standard InChI is InChI=1S/C17H18N4O3/c22-16(13-9-19-17(20-10-13)21-5-1-2-6-21)18-8-12-3-4-14-15(7-12)24-11-23-14/h3-4,7,9-10H,1-2,5-6,8,11H2,(H,18,22). The summed E-state index contributed by atoms with van der Waals surface area (Å²) in [6.07, 6.45) is 5.49. The van der Waals surface area contributed by atoms with E-state index in [0.717, 1.165) is 24.4 Å². The molecule has 24 heavy (non-hydrogen) atoms. The van der Waals surface area contributed by atoms with Crippen LogP contribution in [0.3, 0.4) is 0 Å². The van der Waals surface area contributed by atoms with Crippen LogP contribution >= 0.6 is 0 Å². The number of benzene rings is 1. The highest BCUT2D eigenvalue weighted by molar-refractivity contribution is 5.93. The number of aromatic nitrogens is 2. The largest absolute Gasteiger partial charge is 0.454 e. The lowest BCUT2D eigenvalue weighted by Crippen LogP contribution is -2.24. The molecule has 1 fully saturated rings. The first-order chi connectivity index (χ1) is 11.8. The molecule has 0 spiro atoms. The molecule has 4 rings (SSSR count). The van der Waals surface area contributed by atoms with Crippen molar-refractivity contribution in [2.24, 2.45) is 0 Å². The van der Waals surface area contributed by atoms with E-state index in [2.05, 4.69) is 20.2 Å². The van der Waals surface area contributed by atoms with E-state index in [1.54, 1.807) is 12.4 Å². The molecule has 2 aliphatic rings. The second kappa shape index (κ2) is 6.35. The molecule has 1 saturated heterocycles. The van der Waals surface area contributed by atoms with Crippen molar-refractivity contribution in [3.63, 3.8) is 0 Å². The average Bonchev–Trinajstić information content (AvgIpc) is 3.31. The lowest BCUT2D eigenvalue weighted by molar-refractivity contribution is 0.0950. The van der Waals surface area contributed by atoms with Gasteiger partial charge >= 0.3 is 0 Å². The molecule has 1 amide bonds. The molecular weight excluding hydrogens is 308 g/mol. The fraction of sp³-hybridized carbons (Fsp3) is 0.353. The topological polar surface area (TPSA) is 76.6 Å². The van der Waals surface area contributed by atoms with Crippen molar-refractivity contribution in [1.82, 2.24) is 15.3 Å². The first-order valence-corrected chi connectivity index (χ1v) is 8.03. The van der Waals surface area contributed by atoms with Gasteiger partial charge in [-0.15, -0.1) is 0 Å². The van der Waals surface area contributed by atoms with Crippen molar-refractivity contribution >= 4 is 11.9 Å².